The molecule has 0 spiro atoms. The van der Waals surface area contributed by atoms with Crippen LogP contribution in [0.5, 0.6) is 0 Å². The Labute approximate surface area is 44.1 Å². The minimum Gasteiger partial charge on any atom is -0.176 e. The average molecular weight is 135 g/mol. The third-order valence-corrected chi connectivity index (χ3v) is 0.463. The fraction of sp³-hybridized carbons (Fsp3) is 0. The van der Waals surface area contributed by atoms with Gasteiger partial charge in [0.05, 0.1) is 23.7 Å². The maximum absolute atomic E-state index is 4.56. The van der Waals surface area contributed by atoms with Gasteiger partial charge in [-0.15, -0.1) is 0 Å². The van der Waals surface area contributed by atoms with Crippen molar-refractivity contribution in [1.29, 1.82) is 0 Å². The Morgan fingerprint density at radius 3 is 1.60 bits per heavy atom. The molecule has 0 aromatic rings. The summed E-state index contributed by atoms with van der Waals surface area (Å²) in [6.45, 7) is 0. The van der Waals surface area contributed by atoms with E-state index in [1.807, 2.05) is 0 Å². The molecule has 0 aliphatic rings. The zero-order chi connectivity index (χ0) is 4.12. The highest BCUT2D eigenvalue weighted by atomic mass is 35.5. The summed E-state index contributed by atoms with van der Waals surface area (Å²) in [7, 11) is 0. The molecule has 0 aromatic carbocycles. The van der Waals surface area contributed by atoms with Gasteiger partial charge in [-0.3, -0.25) is 0 Å². The average Bonchev–Trinajstić information content (AvgIpc) is 1.41. The molecule has 0 aromatic heterocycles. The molecule has 5 heavy (non-hydrogen) atoms. The predicted molar refractivity (Wildman–Crippen MR) is 21.5 cm³/mol. The largest absolute Gasteiger partial charge is 0.196 e. The molecule has 5 heteroatoms. The Balaban J connectivity index is 2.19. The first-order valence-corrected chi connectivity index (χ1v) is 1.93. The van der Waals surface area contributed by atoms with Crippen LogP contribution in [0.1, 0.15) is 0 Å². The van der Waals surface area contributed by atoms with Crippen molar-refractivity contribution >= 4 is 36.1 Å². The van der Waals surface area contributed by atoms with Crippen molar-refractivity contribution in [3.05, 3.63) is 0 Å². The molecule has 2 nitrogen and oxygen atoms in total. The van der Waals surface area contributed by atoms with E-state index in [2.05, 4.69) is 31.2 Å². The van der Waals surface area contributed by atoms with E-state index in [-0.39, 0.29) is 0 Å². The standard InChI is InChI=1S/Cl2O2S/c1-3-5-4-2. The summed E-state index contributed by atoms with van der Waals surface area (Å²) in [6.07, 6.45) is 0. The van der Waals surface area contributed by atoms with Gasteiger partial charge in [0, 0.05) is 0 Å². The van der Waals surface area contributed by atoms with Crippen LogP contribution in [0.3, 0.4) is 0 Å². The molecule has 0 unspecified atom stereocenters. The van der Waals surface area contributed by atoms with Gasteiger partial charge in [0.15, 0.2) is 12.3 Å². The molecule has 0 aliphatic heterocycles. The molecule has 0 saturated heterocycles. The van der Waals surface area contributed by atoms with Crippen LogP contribution in [-0.2, 0) is 7.47 Å². The summed E-state index contributed by atoms with van der Waals surface area (Å²) in [4.78, 5) is 0. The van der Waals surface area contributed by atoms with Gasteiger partial charge in [0.25, 0.3) is 0 Å². The lowest BCUT2D eigenvalue weighted by molar-refractivity contribution is 0.609. The van der Waals surface area contributed by atoms with Gasteiger partial charge in [0.1, 0.15) is 0 Å². The fourth-order valence-electron chi connectivity index (χ4n) is 0.00972. The van der Waals surface area contributed by atoms with E-state index in [1.54, 1.807) is 0 Å². The van der Waals surface area contributed by atoms with E-state index in [1.165, 1.54) is 0 Å². The van der Waals surface area contributed by atoms with Crippen molar-refractivity contribution in [1.82, 2.24) is 0 Å². The smallest absolute Gasteiger partial charge is 0.176 e. The monoisotopic (exact) mass is 134 g/mol. The Morgan fingerprint density at radius 2 is 1.60 bits per heavy atom. The lowest BCUT2D eigenvalue weighted by Gasteiger charge is -1.75. The van der Waals surface area contributed by atoms with Gasteiger partial charge in [0.2, 0.25) is 0 Å². The second-order valence-corrected chi connectivity index (χ2v) is 1.34. The molecular formula is Cl2O2S. The lowest BCUT2D eigenvalue weighted by atomic mass is 15.8. The third kappa shape index (κ3) is 4.85. The molecule has 0 heterocycles. The number of hydrogen-bond donors (Lipinski definition) is 0. The lowest BCUT2D eigenvalue weighted by Crippen LogP contribution is -1.47. The predicted octanol–water partition coefficient (Wildman–Crippen LogP) is 1.89. The van der Waals surface area contributed by atoms with Crippen LogP contribution in [0.25, 0.3) is 0 Å². The van der Waals surface area contributed by atoms with E-state index < -0.39 is 0 Å². The molecule has 0 bridgehead atoms. The molecule has 0 amide bonds. The summed E-state index contributed by atoms with van der Waals surface area (Å²) in [5.41, 5.74) is 0. The zero-order valence-electron chi connectivity index (χ0n) is 1.98. The molecule has 0 atom stereocenters. The molecule has 0 saturated carbocycles. The van der Waals surface area contributed by atoms with Gasteiger partial charge < -0.3 is 0 Å². The zero-order valence-corrected chi connectivity index (χ0v) is 4.31. The molecule has 0 aliphatic carbocycles. The highest BCUT2D eigenvalue weighted by Gasteiger charge is 1.73. The van der Waals surface area contributed by atoms with Crippen LogP contribution >= 0.6 is 36.1 Å². The van der Waals surface area contributed by atoms with Crippen molar-refractivity contribution in [3.63, 3.8) is 0 Å². The van der Waals surface area contributed by atoms with Crippen molar-refractivity contribution in [2.24, 2.45) is 0 Å². The topological polar surface area (TPSA) is 18.5 Å². The van der Waals surface area contributed by atoms with Crippen LogP contribution in [-0.4, -0.2) is 0 Å². The number of rotatable bonds is 2. The number of halogens is 2. The Morgan fingerprint density at radius 1 is 1.20 bits per heavy atom. The van der Waals surface area contributed by atoms with Crippen LogP contribution in [0.4, 0.5) is 0 Å². The first-order valence-electron chi connectivity index (χ1n) is 0.642. The van der Waals surface area contributed by atoms with Crippen molar-refractivity contribution in [2.45, 2.75) is 0 Å². The summed E-state index contributed by atoms with van der Waals surface area (Å²) in [5.74, 6) is 0. The first-order chi connectivity index (χ1) is 2.41. The van der Waals surface area contributed by atoms with Crippen molar-refractivity contribution in [3.8, 4) is 0 Å². The Kier molecular flexibility index (Phi) is 5.67. The Bertz CT molecular complexity index is 15.1. The van der Waals surface area contributed by atoms with E-state index in [9.17, 15) is 0 Å². The maximum atomic E-state index is 4.56. The minimum atomic E-state index is 0.494. The summed E-state index contributed by atoms with van der Waals surface area (Å²) < 4.78 is 7.45. The van der Waals surface area contributed by atoms with E-state index in [4.69, 9.17) is 0 Å². The first kappa shape index (κ1) is 5.85. The highest BCUT2D eigenvalue weighted by molar-refractivity contribution is 7.91. The van der Waals surface area contributed by atoms with Crippen molar-refractivity contribution < 1.29 is 7.47 Å². The van der Waals surface area contributed by atoms with Crippen LogP contribution in [0.15, 0.2) is 0 Å². The molecule has 0 radical (unpaired) electrons. The summed E-state index contributed by atoms with van der Waals surface area (Å²) >= 11 is 9.60. The molecule has 0 N–H and O–H groups in total. The normalized spacial score (nSPS) is 8.40. The second-order valence-electron chi connectivity index (χ2n) is 0.194. The fourth-order valence-corrected chi connectivity index (χ4v) is 0.262. The maximum Gasteiger partial charge on any atom is 0.196 e. The van der Waals surface area contributed by atoms with Gasteiger partial charge in [-0.1, -0.05) is 0 Å². The molecule has 0 fully saturated rings. The second kappa shape index (κ2) is 4.85. The minimum absolute atomic E-state index is 0.494. The quantitative estimate of drug-likeness (QED) is 0.538. The van der Waals surface area contributed by atoms with Crippen molar-refractivity contribution in [2.75, 3.05) is 0 Å². The van der Waals surface area contributed by atoms with E-state index >= 15 is 0 Å². The van der Waals surface area contributed by atoms with Crippen LogP contribution in [0, 0.1) is 0 Å². The van der Waals surface area contributed by atoms with Gasteiger partial charge >= 0.3 is 0 Å². The summed E-state index contributed by atoms with van der Waals surface area (Å²) in [5, 5.41) is 0. The third-order valence-electron chi connectivity index (χ3n) is 0.0514. The van der Waals surface area contributed by atoms with E-state index in [0.29, 0.717) is 12.3 Å². The van der Waals surface area contributed by atoms with Crippen LogP contribution in [0.2, 0.25) is 0 Å². The van der Waals surface area contributed by atoms with E-state index in [0.717, 1.165) is 0 Å². The molecule has 0 rings (SSSR count). The summed E-state index contributed by atoms with van der Waals surface area (Å²) in [6, 6.07) is 0. The molecular weight excluding hydrogens is 135 g/mol. The van der Waals surface area contributed by atoms with Gasteiger partial charge in [-0.2, -0.15) is 7.47 Å². The van der Waals surface area contributed by atoms with Gasteiger partial charge in [-0.05, 0) is 0 Å². The van der Waals surface area contributed by atoms with Gasteiger partial charge in [-0.25, -0.2) is 0 Å². The Hall–Kier alpha value is 0.850. The van der Waals surface area contributed by atoms with Crippen LogP contribution < -0.4 is 0 Å². The highest BCUT2D eigenvalue weighted by Crippen LogP contribution is 2.07. The number of hydrogen-bond acceptors (Lipinski definition) is 3. The molecule has 32 valence electrons. The SMILES string of the molecule is ClOSOCl.